The summed E-state index contributed by atoms with van der Waals surface area (Å²) in [6.07, 6.45) is 0.806. The summed E-state index contributed by atoms with van der Waals surface area (Å²) in [5.74, 6) is 0.377. The van der Waals surface area contributed by atoms with Gasteiger partial charge < -0.3 is 10.6 Å². The van der Waals surface area contributed by atoms with Crippen LogP contribution in [0.25, 0.3) is 0 Å². The Morgan fingerprint density at radius 1 is 1.12 bits per heavy atom. The Morgan fingerprint density at radius 2 is 1.88 bits per heavy atom. The number of hydrogen-bond acceptors (Lipinski definition) is 3. The van der Waals surface area contributed by atoms with Crippen molar-refractivity contribution in [3.05, 3.63) is 59.7 Å². The molecule has 0 heterocycles. The molecule has 0 saturated carbocycles. The van der Waals surface area contributed by atoms with Crippen LogP contribution >= 0.6 is 11.8 Å². The van der Waals surface area contributed by atoms with Gasteiger partial charge >= 0.3 is 0 Å². The lowest BCUT2D eigenvalue weighted by Gasteiger charge is -2.11. The highest BCUT2D eigenvalue weighted by atomic mass is 32.2. The third kappa shape index (κ3) is 6.23. The van der Waals surface area contributed by atoms with Crippen molar-refractivity contribution in [2.75, 3.05) is 11.1 Å². The first-order valence-corrected chi connectivity index (χ1v) is 9.83. The third-order valence-corrected chi connectivity index (χ3v) is 5.37. The molecule has 0 fully saturated rings. The van der Waals surface area contributed by atoms with Gasteiger partial charge in [-0.1, -0.05) is 44.2 Å². The zero-order valence-corrected chi connectivity index (χ0v) is 16.4. The van der Waals surface area contributed by atoms with Crippen LogP contribution in [-0.2, 0) is 16.1 Å². The first-order chi connectivity index (χ1) is 12.5. The number of carbonyl (C=O) groups is 2. The molecule has 2 aromatic rings. The molecule has 138 valence electrons. The fraction of sp³-hybridized carbons (Fsp3) is 0.333. The lowest BCUT2D eigenvalue weighted by atomic mass is 10.1. The molecule has 0 aliphatic heterocycles. The average Bonchev–Trinajstić information content (AvgIpc) is 2.65. The quantitative estimate of drug-likeness (QED) is 0.678. The monoisotopic (exact) mass is 370 g/mol. The van der Waals surface area contributed by atoms with E-state index in [-0.39, 0.29) is 17.7 Å². The van der Waals surface area contributed by atoms with E-state index in [1.807, 2.05) is 69.3 Å². The number of nitrogens with one attached hydrogen (secondary N) is 2. The Kier molecular flexibility index (Phi) is 7.73. The minimum absolute atomic E-state index is 0.00713. The average molecular weight is 371 g/mol. The van der Waals surface area contributed by atoms with E-state index in [2.05, 4.69) is 10.6 Å². The van der Waals surface area contributed by atoms with Crippen LogP contribution in [0, 0.1) is 12.8 Å². The molecule has 0 aliphatic carbocycles. The van der Waals surface area contributed by atoms with Gasteiger partial charge in [0.05, 0.1) is 5.75 Å². The van der Waals surface area contributed by atoms with Crippen LogP contribution in [-0.4, -0.2) is 17.6 Å². The largest absolute Gasteiger partial charge is 0.351 e. The van der Waals surface area contributed by atoms with Crippen molar-refractivity contribution in [2.45, 2.75) is 38.6 Å². The second kappa shape index (κ2) is 10.0. The first-order valence-electron chi connectivity index (χ1n) is 8.84. The van der Waals surface area contributed by atoms with Gasteiger partial charge in [0.1, 0.15) is 0 Å². The Morgan fingerprint density at radius 3 is 2.62 bits per heavy atom. The molecule has 2 amide bonds. The zero-order valence-electron chi connectivity index (χ0n) is 15.5. The van der Waals surface area contributed by atoms with E-state index < -0.39 is 0 Å². The van der Waals surface area contributed by atoms with Gasteiger partial charge in [-0.25, -0.2) is 0 Å². The molecule has 0 aromatic heterocycles. The van der Waals surface area contributed by atoms with Crippen molar-refractivity contribution in [1.29, 1.82) is 0 Å². The van der Waals surface area contributed by atoms with Crippen molar-refractivity contribution in [1.82, 2.24) is 5.32 Å². The third-order valence-electron chi connectivity index (χ3n) is 4.20. The van der Waals surface area contributed by atoms with E-state index in [0.717, 1.165) is 22.6 Å². The molecule has 0 spiro atoms. The highest BCUT2D eigenvalue weighted by Crippen LogP contribution is 2.21. The van der Waals surface area contributed by atoms with Crippen LogP contribution in [0.3, 0.4) is 0 Å². The summed E-state index contributed by atoms with van der Waals surface area (Å²) in [7, 11) is 0. The van der Waals surface area contributed by atoms with Gasteiger partial charge in [-0.05, 0) is 42.7 Å². The van der Waals surface area contributed by atoms with Crippen molar-refractivity contribution >= 4 is 29.3 Å². The van der Waals surface area contributed by atoms with Gasteiger partial charge in [-0.15, -0.1) is 11.8 Å². The molecule has 2 rings (SSSR count). The molecule has 1 atom stereocenters. The highest BCUT2D eigenvalue weighted by molar-refractivity contribution is 8.00. The van der Waals surface area contributed by atoms with Gasteiger partial charge in [0, 0.05) is 23.0 Å². The predicted octanol–water partition coefficient (Wildman–Crippen LogP) is 4.39. The van der Waals surface area contributed by atoms with Crippen molar-refractivity contribution < 1.29 is 9.59 Å². The van der Waals surface area contributed by atoms with E-state index in [4.69, 9.17) is 0 Å². The van der Waals surface area contributed by atoms with E-state index in [0.29, 0.717) is 12.3 Å². The molecule has 0 aliphatic rings. The van der Waals surface area contributed by atoms with Gasteiger partial charge in [0.25, 0.3) is 0 Å². The summed E-state index contributed by atoms with van der Waals surface area (Å²) < 4.78 is 0. The number of carbonyl (C=O) groups excluding carboxylic acids is 2. The van der Waals surface area contributed by atoms with E-state index >= 15 is 0 Å². The normalized spacial score (nSPS) is 11.7. The first kappa shape index (κ1) is 20.0. The van der Waals surface area contributed by atoms with Gasteiger partial charge in [0.15, 0.2) is 0 Å². The minimum atomic E-state index is -0.0168. The van der Waals surface area contributed by atoms with Crippen LogP contribution in [0.2, 0.25) is 0 Å². The Labute approximate surface area is 159 Å². The highest BCUT2D eigenvalue weighted by Gasteiger charge is 2.11. The standard InChI is InChI=1S/C21H26N2O2S/c1-4-15(2)21(25)23-18-10-7-9-17(12-18)13-22-20(24)14-26-19-11-6-5-8-16(19)3/h5-12,15H,4,13-14H2,1-3H3,(H,22,24)(H,23,25). The van der Waals surface area contributed by atoms with E-state index in [9.17, 15) is 9.59 Å². The number of amides is 2. The maximum Gasteiger partial charge on any atom is 0.230 e. The van der Waals surface area contributed by atoms with E-state index in [1.54, 1.807) is 0 Å². The lowest BCUT2D eigenvalue weighted by molar-refractivity contribution is -0.120. The Hall–Kier alpha value is -2.27. The minimum Gasteiger partial charge on any atom is -0.351 e. The zero-order chi connectivity index (χ0) is 18.9. The molecule has 2 aromatic carbocycles. The number of anilines is 1. The molecular formula is C21H26N2O2S. The fourth-order valence-electron chi connectivity index (χ4n) is 2.32. The maximum absolute atomic E-state index is 12.1. The Bertz CT molecular complexity index is 761. The van der Waals surface area contributed by atoms with Crippen LogP contribution in [0.15, 0.2) is 53.4 Å². The summed E-state index contributed by atoms with van der Waals surface area (Å²) in [6, 6.07) is 15.6. The summed E-state index contributed by atoms with van der Waals surface area (Å²) in [4.78, 5) is 25.2. The molecule has 5 heteroatoms. The van der Waals surface area contributed by atoms with E-state index in [1.165, 1.54) is 17.3 Å². The molecule has 4 nitrogen and oxygen atoms in total. The summed E-state index contributed by atoms with van der Waals surface area (Å²) in [6.45, 7) is 6.39. The molecular weight excluding hydrogens is 344 g/mol. The molecule has 0 saturated heterocycles. The summed E-state index contributed by atoms with van der Waals surface area (Å²) in [5.41, 5.74) is 2.90. The summed E-state index contributed by atoms with van der Waals surface area (Å²) in [5, 5.41) is 5.85. The number of aryl methyl sites for hydroxylation is 1. The van der Waals surface area contributed by atoms with Crippen molar-refractivity contribution in [2.24, 2.45) is 5.92 Å². The second-order valence-corrected chi connectivity index (χ2v) is 7.35. The number of hydrogen-bond donors (Lipinski definition) is 2. The molecule has 26 heavy (non-hydrogen) atoms. The fourth-order valence-corrected chi connectivity index (χ4v) is 3.18. The topological polar surface area (TPSA) is 58.2 Å². The smallest absolute Gasteiger partial charge is 0.230 e. The molecule has 1 unspecified atom stereocenters. The van der Waals surface area contributed by atoms with Crippen molar-refractivity contribution in [3.8, 4) is 0 Å². The number of benzene rings is 2. The predicted molar refractivity (Wildman–Crippen MR) is 108 cm³/mol. The number of rotatable bonds is 8. The van der Waals surface area contributed by atoms with Crippen LogP contribution in [0.1, 0.15) is 31.4 Å². The van der Waals surface area contributed by atoms with Crippen molar-refractivity contribution in [3.63, 3.8) is 0 Å². The second-order valence-electron chi connectivity index (χ2n) is 6.33. The Balaban J connectivity index is 1.83. The van der Waals surface area contributed by atoms with Gasteiger partial charge in [0.2, 0.25) is 11.8 Å². The van der Waals surface area contributed by atoms with Gasteiger partial charge in [-0.2, -0.15) is 0 Å². The van der Waals surface area contributed by atoms with Crippen LogP contribution < -0.4 is 10.6 Å². The maximum atomic E-state index is 12.1. The van der Waals surface area contributed by atoms with Crippen LogP contribution in [0.4, 0.5) is 5.69 Å². The molecule has 0 radical (unpaired) electrons. The molecule has 0 bridgehead atoms. The number of thioether (sulfide) groups is 1. The van der Waals surface area contributed by atoms with Gasteiger partial charge in [-0.3, -0.25) is 9.59 Å². The molecule has 2 N–H and O–H groups in total. The lowest BCUT2D eigenvalue weighted by Crippen LogP contribution is -2.24. The summed E-state index contributed by atoms with van der Waals surface area (Å²) >= 11 is 1.54. The SMILES string of the molecule is CCC(C)C(=O)Nc1cccc(CNC(=O)CSc2ccccc2C)c1. The van der Waals surface area contributed by atoms with Crippen LogP contribution in [0.5, 0.6) is 0 Å².